The van der Waals surface area contributed by atoms with Gasteiger partial charge in [0.05, 0.1) is 20.3 Å². The number of ether oxygens (including phenoxy) is 3. The van der Waals surface area contributed by atoms with E-state index in [1.807, 2.05) is 50.2 Å². The summed E-state index contributed by atoms with van der Waals surface area (Å²) in [5.41, 5.74) is 2.06. The van der Waals surface area contributed by atoms with Crippen LogP contribution in [0.5, 0.6) is 17.2 Å². The number of methoxy groups -OCH3 is 1. The van der Waals surface area contributed by atoms with Crippen LogP contribution in [0.25, 0.3) is 0 Å². The standard InChI is InChI=1S/C18H21ClO3/c1-13-11-15(12-14(2)18(13)19)21-9-6-10-22-17-8-5-4-7-16(17)20-3/h4-5,7-8,11-12H,6,9-10H2,1-3H3. The second-order valence-corrected chi connectivity index (χ2v) is 5.45. The number of aryl methyl sites for hydroxylation is 2. The molecule has 2 aromatic carbocycles. The summed E-state index contributed by atoms with van der Waals surface area (Å²) in [5, 5.41) is 0.798. The van der Waals surface area contributed by atoms with Crippen LogP contribution < -0.4 is 14.2 Å². The van der Waals surface area contributed by atoms with E-state index in [1.54, 1.807) is 7.11 Å². The van der Waals surface area contributed by atoms with E-state index in [0.717, 1.165) is 39.8 Å². The molecule has 22 heavy (non-hydrogen) atoms. The molecule has 0 N–H and O–H groups in total. The molecule has 4 heteroatoms. The zero-order chi connectivity index (χ0) is 15.9. The van der Waals surface area contributed by atoms with Crippen LogP contribution in [0.15, 0.2) is 36.4 Å². The number of para-hydroxylation sites is 2. The van der Waals surface area contributed by atoms with Crippen LogP contribution in [0.3, 0.4) is 0 Å². The molecule has 0 heterocycles. The molecule has 0 atom stereocenters. The zero-order valence-electron chi connectivity index (χ0n) is 13.2. The predicted molar refractivity (Wildman–Crippen MR) is 89.5 cm³/mol. The Hall–Kier alpha value is -1.87. The van der Waals surface area contributed by atoms with E-state index in [4.69, 9.17) is 25.8 Å². The van der Waals surface area contributed by atoms with Gasteiger partial charge in [-0.05, 0) is 49.2 Å². The van der Waals surface area contributed by atoms with Crippen LogP contribution in [0.4, 0.5) is 0 Å². The third kappa shape index (κ3) is 4.31. The summed E-state index contributed by atoms with van der Waals surface area (Å²) in [6.07, 6.45) is 0.790. The van der Waals surface area contributed by atoms with Crippen molar-refractivity contribution < 1.29 is 14.2 Å². The Kier molecular flexibility index (Phi) is 5.96. The fraction of sp³-hybridized carbons (Fsp3) is 0.333. The summed E-state index contributed by atoms with van der Waals surface area (Å²) in [5.74, 6) is 2.34. The van der Waals surface area contributed by atoms with Gasteiger partial charge in [-0.15, -0.1) is 0 Å². The van der Waals surface area contributed by atoms with Crippen molar-refractivity contribution in [3.63, 3.8) is 0 Å². The monoisotopic (exact) mass is 320 g/mol. The molecule has 0 aliphatic carbocycles. The minimum atomic E-state index is 0.575. The number of benzene rings is 2. The van der Waals surface area contributed by atoms with Crippen molar-refractivity contribution in [2.24, 2.45) is 0 Å². The van der Waals surface area contributed by atoms with Gasteiger partial charge in [0, 0.05) is 11.4 Å². The highest BCUT2D eigenvalue weighted by Gasteiger charge is 2.04. The van der Waals surface area contributed by atoms with Crippen LogP contribution in [-0.2, 0) is 0 Å². The Labute approximate surface area is 136 Å². The van der Waals surface area contributed by atoms with Gasteiger partial charge in [0.15, 0.2) is 11.5 Å². The fourth-order valence-corrected chi connectivity index (χ4v) is 2.27. The summed E-state index contributed by atoms with van der Waals surface area (Å²) in [4.78, 5) is 0. The molecule has 0 aliphatic heterocycles. The minimum Gasteiger partial charge on any atom is -0.493 e. The quantitative estimate of drug-likeness (QED) is 0.685. The van der Waals surface area contributed by atoms with Crippen molar-refractivity contribution in [2.75, 3.05) is 20.3 Å². The lowest BCUT2D eigenvalue weighted by atomic mass is 10.1. The maximum atomic E-state index is 6.14. The first-order chi connectivity index (χ1) is 10.6. The lowest BCUT2D eigenvalue weighted by Gasteiger charge is -2.12. The normalized spacial score (nSPS) is 10.4. The highest BCUT2D eigenvalue weighted by Crippen LogP contribution is 2.27. The molecule has 118 valence electrons. The molecule has 2 rings (SSSR count). The molecule has 3 nitrogen and oxygen atoms in total. The molecule has 0 saturated carbocycles. The zero-order valence-corrected chi connectivity index (χ0v) is 13.9. The lowest BCUT2D eigenvalue weighted by Crippen LogP contribution is -2.06. The molecule has 0 spiro atoms. The maximum absolute atomic E-state index is 6.14. The van der Waals surface area contributed by atoms with Crippen LogP contribution in [-0.4, -0.2) is 20.3 Å². The van der Waals surface area contributed by atoms with E-state index in [-0.39, 0.29) is 0 Å². The third-order valence-corrected chi connectivity index (χ3v) is 3.89. The van der Waals surface area contributed by atoms with E-state index in [0.29, 0.717) is 13.2 Å². The average molecular weight is 321 g/mol. The second-order valence-electron chi connectivity index (χ2n) is 5.07. The van der Waals surface area contributed by atoms with Crippen LogP contribution in [0.1, 0.15) is 17.5 Å². The Balaban J connectivity index is 1.78. The van der Waals surface area contributed by atoms with E-state index in [1.165, 1.54) is 0 Å². The van der Waals surface area contributed by atoms with E-state index in [2.05, 4.69) is 0 Å². The summed E-state index contributed by atoms with van der Waals surface area (Å²) in [7, 11) is 1.64. The molecule has 0 bridgehead atoms. The maximum Gasteiger partial charge on any atom is 0.161 e. The van der Waals surface area contributed by atoms with Gasteiger partial charge in [-0.1, -0.05) is 23.7 Å². The first-order valence-corrected chi connectivity index (χ1v) is 7.65. The summed E-state index contributed by atoms with van der Waals surface area (Å²) >= 11 is 6.14. The number of halogens is 1. The fourth-order valence-electron chi connectivity index (χ4n) is 2.16. The van der Waals surface area contributed by atoms with Crippen molar-refractivity contribution in [2.45, 2.75) is 20.3 Å². The van der Waals surface area contributed by atoms with Gasteiger partial charge < -0.3 is 14.2 Å². The van der Waals surface area contributed by atoms with Gasteiger partial charge in [0.2, 0.25) is 0 Å². The minimum absolute atomic E-state index is 0.575. The molecular weight excluding hydrogens is 300 g/mol. The van der Waals surface area contributed by atoms with Crippen LogP contribution in [0.2, 0.25) is 5.02 Å². The molecule has 0 unspecified atom stereocenters. The molecule has 0 radical (unpaired) electrons. The van der Waals surface area contributed by atoms with Gasteiger partial charge in [0.25, 0.3) is 0 Å². The van der Waals surface area contributed by atoms with Gasteiger partial charge in [-0.25, -0.2) is 0 Å². The van der Waals surface area contributed by atoms with E-state index >= 15 is 0 Å². The van der Waals surface area contributed by atoms with Crippen molar-refractivity contribution in [1.82, 2.24) is 0 Å². The first kappa shape index (κ1) is 16.5. The summed E-state index contributed by atoms with van der Waals surface area (Å²) in [6.45, 7) is 5.13. The number of hydrogen-bond acceptors (Lipinski definition) is 3. The molecular formula is C18H21ClO3. The van der Waals surface area contributed by atoms with Crippen molar-refractivity contribution in [1.29, 1.82) is 0 Å². The lowest BCUT2D eigenvalue weighted by molar-refractivity contribution is 0.240. The molecule has 0 aliphatic rings. The van der Waals surface area contributed by atoms with Gasteiger partial charge >= 0.3 is 0 Å². The van der Waals surface area contributed by atoms with E-state index in [9.17, 15) is 0 Å². The molecule has 0 fully saturated rings. The second kappa shape index (κ2) is 7.95. The molecule has 0 amide bonds. The topological polar surface area (TPSA) is 27.7 Å². The first-order valence-electron chi connectivity index (χ1n) is 7.27. The van der Waals surface area contributed by atoms with Gasteiger partial charge in [-0.3, -0.25) is 0 Å². The summed E-state index contributed by atoms with van der Waals surface area (Å²) in [6, 6.07) is 11.5. The Bertz CT molecular complexity index is 602. The van der Waals surface area contributed by atoms with Gasteiger partial charge in [-0.2, -0.15) is 0 Å². The SMILES string of the molecule is COc1ccccc1OCCCOc1cc(C)c(Cl)c(C)c1. The van der Waals surface area contributed by atoms with Gasteiger partial charge in [0.1, 0.15) is 5.75 Å². The highest BCUT2D eigenvalue weighted by atomic mass is 35.5. The molecule has 2 aromatic rings. The van der Waals surface area contributed by atoms with Crippen LogP contribution in [0, 0.1) is 13.8 Å². The largest absolute Gasteiger partial charge is 0.493 e. The Morgan fingerprint density at radius 2 is 1.50 bits per heavy atom. The Morgan fingerprint density at radius 3 is 2.14 bits per heavy atom. The van der Waals surface area contributed by atoms with Crippen LogP contribution >= 0.6 is 11.6 Å². The Morgan fingerprint density at radius 1 is 0.909 bits per heavy atom. The van der Waals surface area contributed by atoms with Crippen molar-refractivity contribution >= 4 is 11.6 Å². The van der Waals surface area contributed by atoms with Crippen molar-refractivity contribution in [3.05, 3.63) is 52.5 Å². The number of hydrogen-bond donors (Lipinski definition) is 0. The highest BCUT2D eigenvalue weighted by molar-refractivity contribution is 6.32. The third-order valence-electron chi connectivity index (χ3n) is 3.29. The van der Waals surface area contributed by atoms with Crippen molar-refractivity contribution in [3.8, 4) is 17.2 Å². The summed E-state index contributed by atoms with van der Waals surface area (Å²) < 4.78 is 16.7. The van der Waals surface area contributed by atoms with E-state index < -0.39 is 0 Å². The molecule has 0 aromatic heterocycles. The smallest absolute Gasteiger partial charge is 0.161 e. The predicted octanol–water partition coefficient (Wildman–Crippen LogP) is 4.81. The average Bonchev–Trinajstić information content (AvgIpc) is 2.52. The molecule has 0 saturated heterocycles. The number of rotatable bonds is 7.